The molecule has 4 N–H and O–H groups in total. The van der Waals surface area contributed by atoms with Crippen LogP contribution in [0.15, 0.2) is 4.99 Å². The topological polar surface area (TPSA) is 62.4 Å². The van der Waals surface area contributed by atoms with Gasteiger partial charge in [0.2, 0.25) is 0 Å². The molecule has 0 fully saturated rings. The Balaban J connectivity index is 3.78. The number of hydrogen-bond donors (Lipinski definition) is 3. The standard InChI is InChI=1S/C11H26N4/c1-10(2,3)14-8-7-13-9(12)15-11(4,5)6/h14H,7-8H2,1-6H3,(H3,12,13,15). The van der Waals surface area contributed by atoms with E-state index in [4.69, 9.17) is 5.73 Å². The van der Waals surface area contributed by atoms with Gasteiger partial charge in [0.05, 0.1) is 6.54 Å². The molecule has 0 heterocycles. The lowest BCUT2D eigenvalue weighted by Gasteiger charge is -2.22. The third-order valence-corrected chi connectivity index (χ3v) is 1.55. The van der Waals surface area contributed by atoms with Crippen molar-refractivity contribution in [2.24, 2.45) is 10.7 Å². The molecule has 0 aromatic heterocycles. The number of hydrogen-bond acceptors (Lipinski definition) is 2. The van der Waals surface area contributed by atoms with Crippen LogP contribution in [-0.4, -0.2) is 30.1 Å². The first-order valence-corrected chi connectivity index (χ1v) is 5.43. The van der Waals surface area contributed by atoms with Gasteiger partial charge in [-0.3, -0.25) is 4.99 Å². The van der Waals surface area contributed by atoms with Crippen molar-refractivity contribution in [2.75, 3.05) is 13.1 Å². The summed E-state index contributed by atoms with van der Waals surface area (Å²) in [5, 5.41) is 6.47. The lowest BCUT2D eigenvalue weighted by atomic mass is 10.1. The van der Waals surface area contributed by atoms with Gasteiger partial charge < -0.3 is 16.4 Å². The molecule has 15 heavy (non-hydrogen) atoms. The third-order valence-electron chi connectivity index (χ3n) is 1.55. The van der Waals surface area contributed by atoms with E-state index in [0.29, 0.717) is 12.5 Å². The molecule has 0 amide bonds. The van der Waals surface area contributed by atoms with Crippen molar-refractivity contribution in [2.45, 2.75) is 52.6 Å². The van der Waals surface area contributed by atoms with Crippen molar-refractivity contribution in [1.29, 1.82) is 0 Å². The summed E-state index contributed by atoms with van der Waals surface area (Å²) in [4.78, 5) is 4.23. The lowest BCUT2D eigenvalue weighted by molar-refractivity contribution is 0.432. The van der Waals surface area contributed by atoms with E-state index in [9.17, 15) is 0 Å². The van der Waals surface area contributed by atoms with Gasteiger partial charge in [0.25, 0.3) is 0 Å². The maximum atomic E-state index is 5.72. The molecule has 0 aliphatic heterocycles. The van der Waals surface area contributed by atoms with Gasteiger partial charge >= 0.3 is 0 Å². The van der Waals surface area contributed by atoms with Gasteiger partial charge in [-0.25, -0.2) is 0 Å². The van der Waals surface area contributed by atoms with E-state index in [1.807, 2.05) is 0 Å². The molecule has 0 aliphatic rings. The van der Waals surface area contributed by atoms with Crippen LogP contribution in [0.5, 0.6) is 0 Å². The lowest BCUT2D eigenvalue weighted by Crippen LogP contribution is -2.45. The van der Waals surface area contributed by atoms with Gasteiger partial charge in [0.1, 0.15) is 0 Å². The Morgan fingerprint density at radius 3 is 2.00 bits per heavy atom. The highest BCUT2D eigenvalue weighted by atomic mass is 15.1. The Morgan fingerprint density at radius 1 is 1.07 bits per heavy atom. The van der Waals surface area contributed by atoms with Crippen molar-refractivity contribution < 1.29 is 0 Å². The van der Waals surface area contributed by atoms with Gasteiger partial charge in [-0.15, -0.1) is 0 Å². The summed E-state index contributed by atoms with van der Waals surface area (Å²) in [6, 6.07) is 0. The molecule has 0 saturated heterocycles. The van der Waals surface area contributed by atoms with Gasteiger partial charge in [0, 0.05) is 17.6 Å². The summed E-state index contributed by atoms with van der Waals surface area (Å²) in [6.07, 6.45) is 0. The summed E-state index contributed by atoms with van der Waals surface area (Å²) >= 11 is 0. The second-order valence-corrected chi connectivity index (χ2v) is 5.82. The zero-order chi connectivity index (χ0) is 12.1. The normalized spacial score (nSPS) is 14.1. The molecule has 0 rings (SSSR count). The number of nitrogens with zero attached hydrogens (tertiary/aromatic N) is 1. The molecule has 0 radical (unpaired) electrons. The van der Waals surface area contributed by atoms with Crippen molar-refractivity contribution in [1.82, 2.24) is 10.6 Å². The zero-order valence-corrected chi connectivity index (χ0v) is 10.9. The number of nitrogens with two attached hydrogens (primary N) is 1. The van der Waals surface area contributed by atoms with Crippen LogP contribution in [0.4, 0.5) is 0 Å². The Bertz CT molecular complexity index is 208. The fourth-order valence-electron chi connectivity index (χ4n) is 1.03. The first-order valence-electron chi connectivity index (χ1n) is 5.43. The summed E-state index contributed by atoms with van der Waals surface area (Å²) in [5.74, 6) is 0.512. The van der Waals surface area contributed by atoms with Gasteiger partial charge in [0.15, 0.2) is 5.96 Å². The molecule has 0 saturated carbocycles. The maximum Gasteiger partial charge on any atom is 0.189 e. The van der Waals surface area contributed by atoms with E-state index in [1.54, 1.807) is 0 Å². The first kappa shape index (κ1) is 14.2. The molecule has 0 atom stereocenters. The monoisotopic (exact) mass is 214 g/mol. The highest BCUT2D eigenvalue weighted by Crippen LogP contribution is 1.98. The number of aliphatic imine (C=N–C) groups is 1. The van der Waals surface area contributed by atoms with Crippen LogP contribution in [0.3, 0.4) is 0 Å². The van der Waals surface area contributed by atoms with Crippen molar-refractivity contribution >= 4 is 5.96 Å². The fourth-order valence-corrected chi connectivity index (χ4v) is 1.03. The second-order valence-electron chi connectivity index (χ2n) is 5.82. The summed E-state index contributed by atoms with van der Waals surface area (Å²) in [7, 11) is 0. The quantitative estimate of drug-likeness (QED) is 0.374. The van der Waals surface area contributed by atoms with E-state index >= 15 is 0 Å². The van der Waals surface area contributed by atoms with Crippen LogP contribution >= 0.6 is 0 Å². The van der Waals surface area contributed by atoms with Crippen LogP contribution in [0.1, 0.15) is 41.5 Å². The molecule has 4 nitrogen and oxygen atoms in total. The van der Waals surface area contributed by atoms with Crippen molar-refractivity contribution in [3.63, 3.8) is 0 Å². The van der Waals surface area contributed by atoms with Gasteiger partial charge in [-0.05, 0) is 41.5 Å². The van der Waals surface area contributed by atoms with Crippen LogP contribution in [0.25, 0.3) is 0 Å². The van der Waals surface area contributed by atoms with Crippen LogP contribution in [-0.2, 0) is 0 Å². The third kappa shape index (κ3) is 11.2. The summed E-state index contributed by atoms with van der Waals surface area (Å²) in [5.41, 5.74) is 5.84. The van der Waals surface area contributed by atoms with Gasteiger partial charge in [-0.1, -0.05) is 0 Å². The Kier molecular flexibility index (Phi) is 5.08. The largest absolute Gasteiger partial charge is 0.370 e. The second kappa shape index (κ2) is 5.35. The highest BCUT2D eigenvalue weighted by Gasteiger charge is 2.10. The van der Waals surface area contributed by atoms with E-state index in [-0.39, 0.29) is 11.1 Å². The first-order chi connectivity index (χ1) is 6.60. The summed E-state index contributed by atoms with van der Waals surface area (Å²) in [6.45, 7) is 14.1. The SMILES string of the molecule is CC(C)(C)NCCN=C(N)NC(C)(C)C. The molecular formula is C11H26N4. The zero-order valence-electron chi connectivity index (χ0n) is 10.9. The van der Waals surface area contributed by atoms with Crippen LogP contribution in [0.2, 0.25) is 0 Å². The predicted octanol–water partition coefficient (Wildman–Crippen LogP) is 1.08. The smallest absolute Gasteiger partial charge is 0.189 e. The van der Waals surface area contributed by atoms with Crippen molar-refractivity contribution in [3.05, 3.63) is 0 Å². The molecule has 0 aromatic carbocycles. The Labute approximate surface area is 93.7 Å². The fraction of sp³-hybridized carbons (Fsp3) is 0.909. The average molecular weight is 214 g/mol. The highest BCUT2D eigenvalue weighted by molar-refractivity contribution is 5.78. The van der Waals surface area contributed by atoms with Crippen molar-refractivity contribution in [3.8, 4) is 0 Å². The number of rotatable bonds is 3. The predicted molar refractivity (Wildman–Crippen MR) is 67.1 cm³/mol. The molecule has 0 aliphatic carbocycles. The number of nitrogens with one attached hydrogen (secondary N) is 2. The molecule has 0 aromatic rings. The van der Waals surface area contributed by atoms with Crippen LogP contribution in [0, 0.1) is 0 Å². The molecule has 4 heteroatoms. The van der Waals surface area contributed by atoms with Gasteiger partial charge in [-0.2, -0.15) is 0 Å². The minimum atomic E-state index is -0.0228. The Hall–Kier alpha value is -0.770. The van der Waals surface area contributed by atoms with E-state index in [0.717, 1.165) is 6.54 Å². The molecular weight excluding hydrogens is 188 g/mol. The molecule has 0 bridgehead atoms. The van der Waals surface area contributed by atoms with E-state index < -0.39 is 0 Å². The maximum absolute atomic E-state index is 5.72. The van der Waals surface area contributed by atoms with E-state index in [2.05, 4.69) is 57.2 Å². The number of guanidine groups is 1. The van der Waals surface area contributed by atoms with E-state index in [1.165, 1.54) is 0 Å². The van der Waals surface area contributed by atoms with Crippen LogP contribution < -0.4 is 16.4 Å². The summed E-state index contributed by atoms with van der Waals surface area (Å²) < 4.78 is 0. The Morgan fingerprint density at radius 2 is 1.60 bits per heavy atom. The average Bonchev–Trinajstić information content (AvgIpc) is 1.92. The minimum absolute atomic E-state index is 0.0228. The minimum Gasteiger partial charge on any atom is -0.370 e. The molecule has 90 valence electrons. The molecule has 0 unspecified atom stereocenters. The molecule has 0 spiro atoms.